The molecule has 0 fully saturated rings. The van der Waals surface area contributed by atoms with Gasteiger partial charge in [0.2, 0.25) is 0 Å². The molecule has 0 aromatic heterocycles. The third-order valence-corrected chi connectivity index (χ3v) is 3.90. The number of hydrogen-bond acceptors (Lipinski definition) is 2. The van der Waals surface area contributed by atoms with Crippen LogP contribution in [0, 0.1) is 0 Å². The number of rotatable bonds is 8. The molecule has 2 unspecified atom stereocenters. The molecule has 0 radical (unpaired) electrons. The maximum atomic E-state index is 6.30. The lowest BCUT2D eigenvalue weighted by Crippen LogP contribution is -2.42. The zero-order valence-electron chi connectivity index (χ0n) is 14.7. The third-order valence-electron chi connectivity index (χ3n) is 3.90. The monoisotopic (exact) mass is 291 g/mol. The first-order valence-corrected chi connectivity index (χ1v) is 8.42. The van der Waals surface area contributed by atoms with Gasteiger partial charge < -0.3 is 10.1 Å². The zero-order chi connectivity index (χ0) is 15.9. The SMILES string of the molecule is CCCC(NCC)C(CC)Oc1cccc(C(C)(C)C)c1. The van der Waals surface area contributed by atoms with E-state index in [1.165, 1.54) is 12.0 Å². The minimum Gasteiger partial charge on any atom is -0.489 e. The quantitative estimate of drug-likeness (QED) is 0.734. The summed E-state index contributed by atoms with van der Waals surface area (Å²) in [5.74, 6) is 0.994. The van der Waals surface area contributed by atoms with Gasteiger partial charge >= 0.3 is 0 Å². The molecule has 21 heavy (non-hydrogen) atoms. The van der Waals surface area contributed by atoms with Crippen LogP contribution in [0.2, 0.25) is 0 Å². The summed E-state index contributed by atoms with van der Waals surface area (Å²) < 4.78 is 6.30. The van der Waals surface area contributed by atoms with Crippen LogP contribution in [0.1, 0.15) is 66.4 Å². The molecule has 1 aromatic rings. The van der Waals surface area contributed by atoms with Gasteiger partial charge in [0, 0.05) is 6.04 Å². The van der Waals surface area contributed by atoms with Crippen molar-refractivity contribution >= 4 is 0 Å². The molecule has 2 nitrogen and oxygen atoms in total. The third kappa shape index (κ3) is 5.70. The van der Waals surface area contributed by atoms with E-state index in [1.54, 1.807) is 0 Å². The van der Waals surface area contributed by atoms with Crippen LogP contribution in [0.4, 0.5) is 0 Å². The number of likely N-dealkylation sites (N-methyl/N-ethyl adjacent to an activating group) is 1. The fraction of sp³-hybridized carbons (Fsp3) is 0.684. The molecule has 0 aliphatic rings. The van der Waals surface area contributed by atoms with Crippen molar-refractivity contribution in [3.63, 3.8) is 0 Å². The van der Waals surface area contributed by atoms with Crippen molar-refractivity contribution in [2.45, 2.75) is 78.4 Å². The second kappa shape index (κ2) is 8.43. The van der Waals surface area contributed by atoms with Crippen molar-refractivity contribution in [1.29, 1.82) is 0 Å². The molecule has 0 aliphatic carbocycles. The van der Waals surface area contributed by atoms with E-state index in [1.807, 2.05) is 0 Å². The van der Waals surface area contributed by atoms with Crippen molar-refractivity contribution in [2.75, 3.05) is 6.54 Å². The molecule has 0 aliphatic heterocycles. The first kappa shape index (κ1) is 18.0. The molecule has 1 N–H and O–H groups in total. The Morgan fingerprint density at radius 3 is 2.38 bits per heavy atom. The Bertz CT molecular complexity index is 402. The molecular formula is C19H33NO. The van der Waals surface area contributed by atoms with E-state index >= 15 is 0 Å². The molecule has 2 atom stereocenters. The Morgan fingerprint density at radius 2 is 1.86 bits per heavy atom. The molecule has 0 bridgehead atoms. The zero-order valence-corrected chi connectivity index (χ0v) is 14.7. The summed E-state index contributed by atoms with van der Waals surface area (Å²) >= 11 is 0. The summed E-state index contributed by atoms with van der Waals surface area (Å²) in [6, 6.07) is 8.99. The minimum absolute atomic E-state index is 0.158. The number of hydrogen-bond donors (Lipinski definition) is 1. The summed E-state index contributed by atoms with van der Waals surface area (Å²) in [6.45, 7) is 14.3. The lowest BCUT2D eigenvalue weighted by atomic mass is 9.87. The number of ether oxygens (including phenoxy) is 1. The standard InChI is InChI=1S/C19H33NO/c1-7-11-17(20-9-3)18(8-2)21-16-13-10-12-15(14-16)19(4,5)6/h10,12-14,17-18,20H,7-9,11H2,1-6H3. The summed E-state index contributed by atoms with van der Waals surface area (Å²) in [5, 5.41) is 3.57. The highest BCUT2D eigenvalue weighted by Crippen LogP contribution is 2.27. The van der Waals surface area contributed by atoms with E-state index in [9.17, 15) is 0 Å². The van der Waals surface area contributed by atoms with Crippen LogP contribution in [0.3, 0.4) is 0 Å². The molecule has 2 heteroatoms. The Balaban J connectivity index is 2.85. The molecule has 0 amide bonds. The van der Waals surface area contributed by atoms with Crippen LogP contribution in [-0.4, -0.2) is 18.7 Å². The molecule has 0 heterocycles. The average Bonchev–Trinajstić information content (AvgIpc) is 2.44. The molecule has 120 valence electrons. The first-order chi connectivity index (χ1) is 9.92. The topological polar surface area (TPSA) is 21.3 Å². The van der Waals surface area contributed by atoms with Gasteiger partial charge in [-0.15, -0.1) is 0 Å². The van der Waals surface area contributed by atoms with Gasteiger partial charge in [-0.3, -0.25) is 0 Å². The van der Waals surface area contributed by atoms with Crippen LogP contribution in [0.25, 0.3) is 0 Å². The van der Waals surface area contributed by atoms with Crippen LogP contribution in [0.5, 0.6) is 5.75 Å². The summed E-state index contributed by atoms with van der Waals surface area (Å²) in [5.41, 5.74) is 1.48. The van der Waals surface area contributed by atoms with Gasteiger partial charge in [0.15, 0.2) is 0 Å². The Morgan fingerprint density at radius 1 is 1.14 bits per heavy atom. The highest BCUT2D eigenvalue weighted by atomic mass is 16.5. The second-order valence-corrected chi connectivity index (χ2v) is 6.80. The van der Waals surface area contributed by atoms with E-state index in [0.29, 0.717) is 6.04 Å². The van der Waals surface area contributed by atoms with Gasteiger partial charge in [-0.2, -0.15) is 0 Å². The predicted molar refractivity (Wildman–Crippen MR) is 92.2 cm³/mol. The van der Waals surface area contributed by atoms with E-state index in [4.69, 9.17) is 4.74 Å². The lowest BCUT2D eigenvalue weighted by Gasteiger charge is -2.28. The van der Waals surface area contributed by atoms with Crippen molar-refractivity contribution in [3.8, 4) is 5.75 Å². The van der Waals surface area contributed by atoms with E-state index in [-0.39, 0.29) is 11.5 Å². The number of benzene rings is 1. The maximum absolute atomic E-state index is 6.30. The number of nitrogens with one attached hydrogen (secondary N) is 1. The summed E-state index contributed by atoms with van der Waals surface area (Å²) in [6.07, 6.45) is 3.60. The van der Waals surface area contributed by atoms with E-state index < -0.39 is 0 Å². The Kier molecular flexibility index (Phi) is 7.24. The van der Waals surface area contributed by atoms with Crippen molar-refractivity contribution in [3.05, 3.63) is 29.8 Å². The van der Waals surface area contributed by atoms with E-state index in [2.05, 4.69) is 71.1 Å². The average molecular weight is 291 g/mol. The molecule has 0 saturated carbocycles. The largest absolute Gasteiger partial charge is 0.489 e. The van der Waals surface area contributed by atoms with Crippen LogP contribution < -0.4 is 10.1 Å². The second-order valence-electron chi connectivity index (χ2n) is 6.80. The fourth-order valence-corrected chi connectivity index (χ4v) is 2.65. The minimum atomic E-state index is 0.158. The van der Waals surface area contributed by atoms with Gasteiger partial charge in [-0.1, -0.05) is 60.1 Å². The normalized spacial score (nSPS) is 14.8. The Labute approximate surface area is 131 Å². The van der Waals surface area contributed by atoms with Crippen LogP contribution >= 0.6 is 0 Å². The van der Waals surface area contributed by atoms with Gasteiger partial charge in [0.05, 0.1) is 0 Å². The van der Waals surface area contributed by atoms with Crippen molar-refractivity contribution < 1.29 is 4.74 Å². The molecule has 0 spiro atoms. The molecule has 1 rings (SSSR count). The van der Waals surface area contributed by atoms with Crippen LogP contribution in [-0.2, 0) is 5.41 Å². The smallest absolute Gasteiger partial charge is 0.120 e. The fourth-order valence-electron chi connectivity index (χ4n) is 2.65. The highest BCUT2D eigenvalue weighted by Gasteiger charge is 2.21. The van der Waals surface area contributed by atoms with Crippen molar-refractivity contribution in [1.82, 2.24) is 5.32 Å². The van der Waals surface area contributed by atoms with Crippen molar-refractivity contribution in [2.24, 2.45) is 0 Å². The van der Waals surface area contributed by atoms with Gasteiger partial charge in [0.25, 0.3) is 0 Å². The van der Waals surface area contributed by atoms with Gasteiger partial charge in [-0.05, 0) is 42.5 Å². The Hall–Kier alpha value is -1.02. The molecular weight excluding hydrogens is 258 g/mol. The molecule has 0 saturated heterocycles. The first-order valence-electron chi connectivity index (χ1n) is 8.42. The lowest BCUT2D eigenvalue weighted by molar-refractivity contribution is 0.143. The maximum Gasteiger partial charge on any atom is 0.120 e. The van der Waals surface area contributed by atoms with Gasteiger partial charge in [0.1, 0.15) is 11.9 Å². The summed E-state index contributed by atoms with van der Waals surface area (Å²) in [7, 11) is 0. The van der Waals surface area contributed by atoms with Gasteiger partial charge in [-0.25, -0.2) is 0 Å². The summed E-state index contributed by atoms with van der Waals surface area (Å²) in [4.78, 5) is 0. The van der Waals surface area contributed by atoms with Crippen LogP contribution in [0.15, 0.2) is 24.3 Å². The van der Waals surface area contributed by atoms with E-state index in [0.717, 1.165) is 25.1 Å². The highest BCUT2D eigenvalue weighted by molar-refractivity contribution is 5.32. The molecule has 1 aromatic carbocycles. The predicted octanol–water partition coefficient (Wildman–Crippen LogP) is 4.92.